The first-order valence-electron chi connectivity index (χ1n) is 11.0. The van der Waals surface area contributed by atoms with Gasteiger partial charge in [-0.15, -0.1) is 12.4 Å². The molecule has 176 valence electrons. The van der Waals surface area contributed by atoms with Crippen molar-refractivity contribution < 1.29 is 13.9 Å². The number of rotatable bonds is 6. The molecule has 0 saturated carbocycles. The first-order chi connectivity index (χ1) is 15.7. The molecule has 3 aromatic heterocycles. The van der Waals surface area contributed by atoms with E-state index in [1.807, 2.05) is 12.3 Å². The van der Waals surface area contributed by atoms with Crippen LogP contribution in [0.15, 0.2) is 41.5 Å². The van der Waals surface area contributed by atoms with E-state index in [2.05, 4.69) is 20.2 Å². The van der Waals surface area contributed by atoms with Crippen LogP contribution in [0.2, 0.25) is 0 Å². The molecule has 5 rings (SSSR count). The van der Waals surface area contributed by atoms with E-state index in [1.54, 1.807) is 10.6 Å². The summed E-state index contributed by atoms with van der Waals surface area (Å²) in [4.78, 5) is 23.1. The molecule has 5 heterocycles. The summed E-state index contributed by atoms with van der Waals surface area (Å²) >= 11 is 0. The van der Waals surface area contributed by atoms with Gasteiger partial charge in [0.2, 0.25) is 0 Å². The van der Waals surface area contributed by atoms with Crippen LogP contribution in [0, 0.1) is 5.82 Å². The molecule has 10 heteroatoms. The Labute approximate surface area is 197 Å². The smallest absolute Gasteiger partial charge is 0.257 e. The Morgan fingerprint density at radius 1 is 1.06 bits per heavy atom. The van der Waals surface area contributed by atoms with Gasteiger partial charge in [-0.2, -0.15) is 0 Å². The van der Waals surface area contributed by atoms with Gasteiger partial charge >= 0.3 is 0 Å². The predicted octanol–water partition coefficient (Wildman–Crippen LogP) is 2.38. The van der Waals surface area contributed by atoms with Crippen molar-refractivity contribution in [2.24, 2.45) is 0 Å². The van der Waals surface area contributed by atoms with Gasteiger partial charge in [0.25, 0.3) is 11.4 Å². The first-order valence-corrected chi connectivity index (χ1v) is 11.0. The number of piperidine rings is 1. The predicted molar refractivity (Wildman–Crippen MR) is 125 cm³/mol. The molecule has 1 saturated heterocycles. The topological polar surface area (TPSA) is 81.5 Å². The van der Waals surface area contributed by atoms with Crippen molar-refractivity contribution in [3.63, 3.8) is 0 Å². The molecular formula is C23H27ClFN5O3. The minimum Gasteiger partial charge on any atom is -0.484 e. The van der Waals surface area contributed by atoms with Crippen LogP contribution < -0.4 is 20.3 Å². The lowest BCUT2D eigenvalue weighted by Gasteiger charge is -2.32. The van der Waals surface area contributed by atoms with E-state index in [9.17, 15) is 9.18 Å². The minimum absolute atomic E-state index is 0. The van der Waals surface area contributed by atoms with Crippen LogP contribution in [-0.2, 0) is 13.1 Å². The molecule has 0 unspecified atom stereocenters. The normalized spacial score (nSPS) is 16.5. The summed E-state index contributed by atoms with van der Waals surface area (Å²) in [5.74, 6) is 0.846. The highest BCUT2D eigenvalue weighted by atomic mass is 35.5. The fourth-order valence-electron chi connectivity index (χ4n) is 4.31. The van der Waals surface area contributed by atoms with Gasteiger partial charge in [0.1, 0.15) is 19.0 Å². The Kier molecular flexibility index (Phi) is 7.42. The number of ether oxygens (including phenoxy) is 2. The molecular weight excluding hydrogens is 449 g/mol. The zero-order valence-electron chi connectivity index (χ0n) is 18.2. The molecule has 0 aromatic carbocycles. The number of aromatic nitrogens is 3. The summed E-state index contributed by atoms with van der Waals surface area (Å²) < 4.78 is 26.3. The molecule has 2 aliphatic heterocycles. The molecule has 0 radical (unpaired) electrons. The van der Waals surface area contributed by atoms with Crippen LogP contribution in [-0.4, -0.2) is 58.3 Å². The number of hydrogen-bond acceptors (Lipinski definition) is 7. The minimum atomic E-state index is -0.433. The number of hydrogen-bond donors (Lipinski definition) is 1. The third-order valence-electron chi connectivity index (χ3n) is 6.08. The van der Waals surface area contributed by atoms with Crippen LogP contribution >= 0.6 is 12.4 Å². The molecule has 1 N–H and O–H groups in total. The average molecular weight is 476 g/mol. The Bertz CT molecular complexity index is 1170. The molecule has 8 nitrogen and oxygen atoms in total. The maximum atomic E-state index is 13.7. The molecule has 3 aromatic rings. The summed E-state index contributed by atoms with van der Waals surface area (Å²) in [6, 6.07) is 6.94. The van der Waals surface area contributed by atoms with E-state index in [4.69, 9.17) is 9.47 Å². The number of pyridine rings is 3. The molecule has 0 aliphatic carbocycles. The lowest BCUT2D eigenvalue weighted by Crippen LogP contribution is -2.43. The van der Waals surface area contributed by atoms with Gasteiger partial charge in [-0.25, -0.2) is 9.37 Å². The standard InChI is InChI=1S/C23H26FN5O3.ClH/c24-17-12-20-19(26-15-17)1-2-22(30)29(20)8-7-28-5-3-18(4-6-28)25-13-16-11-21-23(27-14-16)32-10-9-31-21;/h1-2,11-12,14-15,18,25H,3-10,13H2;1H. The van der Waals surface area contributed by atoms with E-state index in [0.29, 0.717) is 48.5 Å². The van der Waals surface area contributed by atoms with Crippen LogP contribution in [0.3, 0.4) is 0 Å². The van der Waals surface area contributed by atoms with Crippen molar-refractivity contribution in [1.82, 2.24) is 24.8 Å². The maximum Gasteiger partial charge on any atom is 0.257 e. The quantitative estimate of drug-likeness (QED) is 0.586. The Balaban J connectivity index is 0.00000259. The molecule has 0 bridgehead atoms. The fourth-order valence-corrected chi connectivity index (χ4v) is 4.31. The van der Waals surface area contributed by atoms with Crippen molar-refractivity contribution >= 4 is 23.4 Å². The van der Waals surface area contributed by atoms with E-state index in [1.165, 1.54) is 18.3 Å². The van der Waals surface area contributed by atoms with Crippen LogP contribution in [0.25, 0.3) is 11.0 Å². The van der Waals surface area contributed by atoms with Crippen LogP contribution in [0.4, 0.5) is 4.39 Å². The third kappa shape index (κ3) is 5.43. The monoisotopic (exact) mass is 475 g/mol. The SMILES string of the molecule is Cl.O=c1ccc2ncc(F)cc2n1CCN1CCC(NCc2cnc3c(c2)OCCO3)CC1. The first kappa shape index (κ1) is 23.4. The second-order valence-corrected chi connectivity index (χ2v) is 8.22. The molecule has 2 aliphatic rings. The summed E-state index contributed by atoms with van der Waals surface area (Å²) in [5, 5.41) is 3.61. The van der Waals surface area contributed by atoms with Gasteiger partial charge in [0.15, 0.2) is 5.75 Å². The van der Waals surface area contributed by atoms with Crippen molar-refractivity contribution in [3.8, 4) is 11.6 Å². The fraction of sp³-hybridized carbons (Fsp3) is 0.435. The van der Waals surface area contributed by atoms with Crippen molar-refractivity contribution in [1.29, 1.82) is 0 Å². The lowest BCUT2D eigenvalue weighted by molar-refractivity contribution is 0.164. The zero-order valence-corrected chi connectivity index (χ0v) is 19.0. The number of nitrogens with zero attached hydrogens (tertiary/aromatic N) is 4. The van der Waals surface area contributed by atoms with Gasteiger partial charge in [-0.05, 0) is 43.6 Å². The van der Waals surface area contributed by atoms with E-state index >= 15 is 0 Å². The molecule has 33 heavy (non-hydrogen) atoms. The van der Waals surface area contributed by atoms with E-state index < -0.39 is 5.82 Å². The highest BCUT2D eigenvalue weighted by Gasteiger charge is 2.20. The molecule has 0 spiro atoms. The van der Waals surface area contributed by atoms with Crippen molar-refractivity contribution in [2.45, 2.75) is 32.0 Å². The van der Waals surface area contributed by atoms with Crippen molar-refractivity contribution in [2.75, 3.05) is 32.8 Å². The van der Waals surface area contributed by atoms with Gasteiger partial charge in [-0.1, -0.05) is 0 Å². The van der Waals surface area contributed by atoms with Gasteiger partial charge in [0.05, 0.1) is 17.2 Å². The molecule has 1 fully saturated rings. The van der Waals surface area contributed by atoms with Crippen LogP contribution in [0.5, 0.6) is 11.6 Å². The lowest BCUT2D eigenvalue weighted by atomic mass is 10.0. The average Bonchev–Trinajstić information content (AvgIpc) is 2.82. The van der Waals surface area contributed by atoms with Gasteiger partial charge in [-0.3, -0.25) is 9.78 Å². The zero-order chi connectivity index (χ0) is 21.9. The highest BCUT2D eigenvalue weighted by Crippen LogP contribution is 2.28. The number of halogens is 2. The summed E-state index contributed by atoms with van der Waals surface area (Å²) in [5.41, 5.74) is 2.12. The second kappa shape index (κ2) is 10.5. The highest BCUT2D eigenvalue weighted by molar-refractivity contribution is 5.85. The Morgan fingerprint density at radius 2 is 1.88 bits per heavy atom. The summed E-state index contributed by atoms with van der Waals surface area (Å²) in [6.07, 6.45) is 5.06. The number of fused-ring (bicyclic) bond motifs is 2. The Morgan fingerprint density at radius 3 is 2.73 bits per heavy atom. The largest absolute Gasteiger partial charge is 0.484 e. The molecule has 0 atom stereocenters. The second-order valence-electron chi connectivity index (χ2n) is 8.22. The van der Waals surface area contributed by atoms with Gasteiger partial charge < -0.3 is 24.3 Å². The summed E-state index contributed by atoms with van der Waals surface area (Å²) in [7, 11) is 0. The summed E-state index contributed by atoms with van der Waals surface area (Å²) in [6.45, 7) is 4.99. The number of nitrogens with one attached hydrogen (secondary N) is 1. The third-order valence-corrected chi connectivity index (χ3v) is 6.08. The Hall–Kier alpha value is -2.75. The molecule has 0 amide bonds. The number of likely N-dealkylation sites (tertiary alicyclic amines) is 1. The van der Waals surface area contributed by atoms with E-state index in [-0.39, 0.29) is 18.0 Å². The van der Waals surface area contributed by atoms with Gasteiger partial charge in [0, 0.05) is 44.0 Å². The van der Waals surface area contributed by atoms with E-state index in [0.717, 1.165) is 44.6 Å². The van der Waals surface area contributed by atoms with Crippen molar-refractivity contribution in [3.05, 3.63) is 58.4 Å². The van der Waals surface area contributed by atoms with Crippen LogP contribution in [0.1, 0.15) is 18.4 Å². The maximum absolute atomic E-state index is 13.7.